The standard InChI is InChI=1S/C36H33F5N6O3/c1-19-24-17-25(36(39,40)41)30-23-6-5-11-47-28(16-20(33(23)47)8-12-45(2)34(30)31(24)44-46(19)3)35(49)21-14-26(37)32(27(38)15-21)43-29(48)7-4-10-42-22-9-13-50-18-22/h4-7,11,14-17,22,42H,8-10,12-13,18H2,1-3H3,(H,43,48)/b7-4+/t22-/m0/s1. The molecule has 14 heteroatoms. The number of nitrogens with one attached hydrogen (secondary N) is 2. The summed E-state index contributed by atoms with van der Waals surface area (Å²) in [5.41, 5.74) is 0.629. The van der Waals surface area contributed by atoms with Crippen molar-refractivity contribution >= 4 is 39.5 Å². The molecule has 0 unspecified atom stereocenters. The normalized spacial score (nSPS) is 16.3. The van der Waals surface area contributed by atoms with Crippen LogP contribution in [0.2, 0.25) is 0 Å². The average molecular weight is 693 g/mol. The van der Waals surface area contributed by atoms with E-state index in [1.165, 1.54) is 16.5 Å². The molecule has 2 aliphatic rings. The monoisotopic (exact) mass is 692 g/mol. The second kappa shape index (κ2) is 12.7. The molecule has 0 radical (unpaired) electrons. The van der Waals surface area contributed by atoms with Crippen LogP contribution in [0.5, 0.6) is 0 Å². The number of alkyl halides is 3. The number of nitrogens with zero attached hydrogens (tertiary/aromatic N) is 4. The molecule has 2 N–H and O–H groups in total. The van der Waals surface area contributed by atoms with Crippen LogP contribution in [0.15, 0.2) is 54.7 Å². The van der Waals surface area contributed by atoms with Crippen LogP contribution in [0.4, 0.5) is 33.3 Å². The van der Waals surface area contributed by atoms with E-state index in [1.807, 2.05) is 0 Å². The lowest BCUT2D eigenvalue weighted by molar-refractivity contribution is -0.137. The molecule has 1 amide bonds. The van der Waals surface area contributed by atoms with Gasteiger partial charge in [-0.3, -0.25) is 14.3 Å². The Morgan fingerprint density at radius 2 is 1.88 bits per heavy atom. The summed E-state index contributed by atoms with van der Waals surface area (Å²) in [6.07, 6.45) is 0.706. The Bertz CT molecular complexity index is 2190. The van der Waals surface area contributed by atoms with E-state index in [0.717, 1.165) is 30.7 Å². The number of hydrogen-bond acceptors (Lipinski definition) is 6. The zero-order valence-corrected chi connectivity index (χ0v) is 27.4. The van der Waals surface area contributed by atoms with Crippen molar-refractivity contribution in [3.05, 3.63) is 94.5 Å². The van der Waals surface area contributed by atoms with E-state index in [0.29, 0.717) is 66.1 Å². The second-order valence-electron chi connectivity index (χ2n) is 12.6. The summed E-state index contributed by atoms with van der Waals surface area (Å²) in [5.74, 6) is -3.82. The number of carbonyl (C=O) groups is 2. The Morgan fingerprint density at radius 1 is 1.12 bits per heavy atom. The Hall–Kier alpha value is -5.08. The van der Waals surface area contributed by atoms with Crippen molar-refractivity contribution < 1.29 is 36.3 Å². The Balaban J connectivity index is 1.26. The molecule has 0 aliphatic carbocycles. The third kappa shape index (κ3) is 5.81. The van der Waals surface area contributed by atoms with Gasteiger partial charge in [0.15, 0.2) is 0 Å². The molecular weight excluding hydrogens is 659 g/mol. The van der Waals surface area contributed by atoms with Gasteiger partial charge in [-0.15, -0.1) is 0 Å². The molecule has 260 valence electrons. The predicted octanol–water partition coefficient (Wildman–Crippen LogP) is 6.19. The van der Waals surface area contributed by atoms with E-state index in [1.54, 1.807) is 48.9 Å². The smallest absolute Gasteiger partial charge is 0.380 e. The molecule has 9 nitrogen and oxygen atoms in total. The number of carbonyl (C=O) groups excluding carboxylic acids is 2. The first-order valence-electron chi connectivity index (χ1n) is 16.1. The fraction of sp³-hybridized carbons (Fsp3) is 0.306. The van der Waals surface area contributed by atoms with Crippen LogP contribution in [0, 0.1) is 18.6 Å². The molecular formula is C36H33F5N6O3. The van der Waals surface area contributed by atoms with Gasteiger partial charge >= 0.3 is 6.18 Å². The van der Waals surface area contributed by atoms with E-state index in [9.17, 15) is 22.8 Å². The van der Waals surface area contributed by atoms with Gasteiger partial charge in [-0.2, -0.15) is 18.3 Å². The molecule has 1 atom stereocenters. The lowest BCUT2D eigenvalue weighted by Crippen LogP contribution is -2.29. The Kier molecular flexibility index (Phi) is 8.47. The number of amides is 1. The van der Waals surface area contributed by atoms with Crippen LogP contribution >= 0.6 is 0 Å². The van der Waals surface area contributed by atoms with Gasteiger partial charge in [0.1, 0.15) is 22.8 Å². The molecule has 1 saturated heterocycles. The van der Waals surface area contributed by atoms with Crippen LogP contribution in [0.25, 0.3) is 27.5 Å². The minimum atomic E-state index is -4.72. The number of likely N-dealkylation sites (N-methyl/N-ethyl adjacent to an activating group) is 1. The Labute approximate surface area is 283 Å². The van der Waals surface area contributed by atoms with E-state index in [4.69, 9.17) is 4.74 Å². The zero-order chi connectivity index (χ0) is 35.5. The maximum atomic E-state index is 15.2. The maximum Gasteiger partial charge on any atom is 0.417 e. The molecule has 0 bridgehead atoms. The zero-order valence-electron chi connectivity index (χ0n) is 27.4. The molecule has 5 aromatic rings. The fourth-order valence-electron chi connectivity index (χ4n) is 6.84. The van der Waals surface area contributed by atoms with Gasteiger partial charge in [-0.25, -0.2) is 8.78 Å². The number of ether oxygens (including phenoxy) is 1. The number of aryl methyl sites for hydroxylation is 2. The lowest BCUT2D eigenvalue weighted by Gasteiger charge is -2.28. The van der Waals surface area contributed by atoms with Crippen LogP contribution in [-0.4, -0.2) is 65.3 Å². The number of halogens is 5. The van der Waals surface area contributed by atoms with Crippen LogP contribution in [0.3, 0.4) is 0 Å². The van der Waals surface area contributed by atoms with Gasteiger partial charge in [-0.05, 0) is 55.7 Å². The Morgan fingerprint density at radius 3 is 2.58 bits per heavy atom. The van der Waals surface area contributed by atoms with E-state index < -0.39 is 40.8 Å². The van der Waals surface area contributed by atoms with E-state index in [2.05, 4.69) is 15.7 Å². The molecule has 2 aliphatic heterocycles. The van der Waals surface area contributed by atoms with Gasteiger partial charge in [0.25, 0.3) is 0 Å². The molecule has 7 rings (SSSR count). The molecule has 5 heterocycles. The number of anilines is 2. The summed E-state index contributed by atoms with van der Waals surface area (Å²) in [5, 5.41) is 10.3. The first-order valence-corrected chi connectivity index (χ1v) is 16.1. The van der Waals surface area contributed by atoms with Crippen LogP contribution < -0.4 is 15.5 Å². The molecule has 0 saturated carbocycles. The largest absolute Gasteiger partial charge is 0.417 e. The molecule has 3 aromatic heterocycles. The van der Waals surface area contributed by atoms with Crippen molar-refractivity contribution in [1.29, 1.82) is 0 Å². The third-order valence-corrected chi connectivity index (χ3v) is 9.45. The number of benzene rings is 2. The van der Waals surface area contributed by atoms with Gasteiger partial charge in [0.2, 0.25) is 11.7 Å². The highest BCUT2D eigenvalue weighted by Gasteiger charge is 2.39. The minimum Gasteiger partial charge on any atom is -0.380 e. The summed E-state index contributed by atoms with van der Waals surface area (Å²) in [6.45, 7) is 3.61. The highest BCUT2D eigenvalue weighted by atomic mass is 19.4. The third-order valence-electron chi connectivity index (χ3n) is 9.45. The highest BCUT2D eigenvalue weighted by molar-refractivity contribution is 6.11. The summed E-state index contributed by atoms with van der Waals surface area (Å²) in [7, 11) is 3.39. The van der Waals surface area contributed by atoms with Gasteiger partial charge in [0, 0.05) is 79.9 Å². The van der Waals surface area contributed by atoms with Crippen molar-refractivity contribution in [2.24, 2.45) is 7.05 Å². The van der Waals surface area contributed by atoms with Crippen molar-refractivity contribution in [3.63, 3.8) is 0 Å². The number of pyridine rings is 1. The second-order valence-corrected chi connectivity index (χ2v) is 12.6. The van der Waals surface area contributed by atoms with Crippen molar-refractivity contribution in [2.45, 2.75) is 32.0 Å². The maximum absolute atomic E-state index is 15.2. The lowest BCUT2D eigenvalue weighted by atomic mass is 9.91. The predicted molar refractivity (Wildman–Crippen MR) is 179 cm³/mol. The van der Waals surface area contributed by atoms with Crippen molar-refractivity contribution in [1.82, 2.24) is 19.5 Å². The minimum absolute atomic E-state index is 0.0185. The summed E-state index contributed by atoms with van der Waals surface area (Å²) < 4.78 is 83.3. The molecule has 1 fully saturated rings. The molecule has 50 heavy (non-hydrogen) atoms. The highest BCUT2D eigenvalue weighted by Crippen LogP contribution is 2.49. The quantitative estimate of drug-likeness (QED) is 0.120. The number of hydrogen-bond donors (Lipinski definition) is 2. The van der Waals surface area contributed by atoms with Crippen LogP contribution in [0.1, 0.15) is 39.3 Å². The van der Waals surface area contributed by atoms with Gasteiger partial charge in [0.05, 0.1) is 29.1 Å². The van der Waals surface area contributed by atoms with E-state index in [-0.39, 0.29) is 28.4 Å². The number of fused-ring (bicyclic) bond motifs is 4. The first kappa shape index (κ1) is 33.4. The SMILES string of the molecule is Cc1c2cc(C(F)(F)F)c3c(c2nn1C)N(C)CCc1cc(C(=O)c2cc(F)c(NC(=O)/C=C/CN[C@H]4CCOC4)c(F)c2)n2cccc-3c12. The number of aromatic nitrogens is 3. The molecule has 0 spiro atoms. The van der Waals surface area contributed by atoms with Crippen molar-refractivity contribution in [3.8, 4) is 11.1 Å². The van der Waals surface area contributed by atoms with Gasteiger partial charge in [-0.1, -0.05) is 12.1 Å². The summed E-state index contributed by atoms with van der Waals surface area (Å²) in [4.78, 5) is 28.0. The average Bonchev–Trinajstić information content (AvgIpc) is 3.79. The summed E-state index contributed by atoms with van der Waals surface area (Å²) >= 11 is 0. The number of rotatable bonds is 7. The van der Waals surface area contributed by atoms with Crippen molar-refractivity contribution in [2.75, 3.05) is 43.6 Å². The van der Waals surface area contributed by atoms with Gasteiger partial charge < -0.3 is 24.7 Å². The first-order chi connectivity index (χ1) is 23.8. The number of ketones is 1. The van der Waals surface area contributed by atoms with Crippen LogP contribution in [-0.2, 0) is 29.2 Å². The topological polar surface area (TPSA) is 92.9 Å². The van der Waals surface area contributed by atoms with E-state index >= 15 is 8.78 Å². The molecule has 2 aromatic carbocycles. The summed E-state index contributed by atoms with van der Waals surface area (Å²) in [6, 6.07) is 7.62. The fourth-order valence-corrected chi connectivity index (χ4v) is 6.84.